The maximum absolute atomic E-state index is 11.4. The molecule has 0 fully saturated rings. The van der Waals surface area contributed by atoms with Crippen LogP contribution < -0.4 is 16.8 Å². The van der Waals surface area contributed by atoms with Gasteiger partial charge in [0.2, 0.25) is 5.89 Å². The smallest absolute Gasteiger partial charge is 0.250 e. The van der Waals surface area contributed by atoms with Crippen molar-refractivity contribution >= 4 is 28.9 Å². The summed E-state index contributed by atoms with van der Waals surface area (Å²) in [5, 5.41) is 7.05. The molecule has 5 N–H and O–H groups in total. The van der Waals surface area contributed by atoms with Crippen molar-refractivity contribution in [2.24, 2.45) is 5.73 Å². The van der Waals surface area contributed by atoms with E-state index in [4.69, 9.17) is 27.6 Å². The Hall–Kier alpha value is -2.28. The molecule has 0 aliphatic carbocycles. The number of primary amides is 1. The summed E-state index contributed by atoms with van der Waals surface area (Å²) in [6.07, 6.45) is 0.500. The van der Waals surface area contributed by atoms with E-state index in [0.717, 1.165) is 0 Å². The number of amides is 1. The van der Waals surface area contributed by atoms with Gasteiger partial charge in [0, 0.05) is 18.7 Å². The molecule has 8 heteroatoms. The zero-order valence-electron chi connectivity index (χ0n) is 10.8. The Kier molecular flexibility index (Phi) is 4.09. The van der Waals surface area contributed by atoms with Gasteiger partial charge in [-0.25, -0.2) is 0 Å². The highest BCUT2D eigenvalue weighted by Crippen LogP contribution is 2.28. The molecule has 2 rings (SSSR count). The number of hydrogen-bond acceptors (Lipinski definition) is 6. The number of carbonyl (C=O) groups is 1. The van der Waals surface area contributed by atoms with Crippen LogP contribution in [0.25, 0.3) is 0 Å². The van der Waals surface area contributed by atoms with Crippen molar-refractivity contribution in [3.05, 3.63) is 34.4 Å². The normalized spacial score (nSPS) is 10.5. The van der Waals surface area contributed by atoms with Crippen molar-refractivity contribution in [1.29, 1.82) is 0 Å². The van der Waals surface area contributed by atoms with Gasteiger partial charge in [-0.2, -0.15) is 4.98 Å². The van der Waals surface area contributed by atoms with E-state index in [1.54, 1.807) is 13.0 Å². The first-order chi connectivity index (χ1) is 9.47. The first-order valence-electron chi connectivity index (χ1n) is 5.89. The summed E-state index contributed by atoms with van der Waals surface area (Å²) >= 11 is 6.06. The van der Waals surface area contributed by atoms with Crippen LogP contribution in [0.5, 0.6) is 0 Å². The average molecular weight is 296 g/mol. The number of benzene rings is 1. The number of nitrogens with one attached hydrogen (secondary N) is 1. The molecule has 106 valence electrons. The van der Waals surface area contributed by atoms with Crippen molar-refractivity contribution in [2.45, 2.75) is 13.3 Å². The molecule has 0 spiro atoms. The third-order valence-corrected chi connectivity index (χ3v) is 2.89. The Morgan fingerprint density at radius 2 is 2.25 bits per heavy atom. The van der Waals surface area contributed by atoms with Gasteiger partial charge in [0.15, 0.2) is 5.82 Å². The zero-order chi connectivity index (χ0) is 14.7. The van der Waals surface area contributed by atoms with Crippen LogP contribution in [-0.2, 0) is 6.42 Å². The molecule has 1 aromatic carbocycles. The van der Waals surface area contributed by atoms with Gasteiger partial charge < -0.3 is 21.3 Å². The largest absolute Gasteiger partial charge is 0.399 e. The van der Waals surface area contributed by atoms with Crippen LogP contribution in [0.4, 0.5) is 11.4 Å². The molecule has 0 radical (unpaired) electrons. The number of halogens is 1. The monoisotopic (exact) mass is 295 g/mol. The number of nitrogens with zero attached hydrogens (tertiary/aromatic N) is 2. The number of rotatable bonds is 5. The quantitative estimate of drug-likeness (QED) is 0.716. The van der Waals surface area contributed by atoms with E-state index in [1.807, 2.05) is 0 Å². The van der Waals surface area contributed by atoms with Gasteiger partial charge in [-0.1, -0.05) is 16.8 Å². The van der Waals surface area contributed by atoms with E-state index < -0.39 is 5.91 Å². The highest BCUT2D eigenvalue weighted by atomic mass is 35.5. The molecule has 1 amide bonds. The lowest BCUT2D eigenvalue weighted by atomic mass is 10.1. The number of aryl methyl sites for hydroxylation is 1. The van der Waals surface area contributed by atoms with Crippen LogP contribution in [0.2, 0.25) is 5.02 Å². The number of nitrogen functional groups attached to an aromatic ring is 1. The molecule has 2 aromatic rings. The topological polar surface area (TPSA) is 120 Å². The van der Waals surface area contributed by atoms with E-state index in [-0.39, 0.29) is 5.56 Å². The van der Waals surface area contributed by atoms with E-state index in [9.17, 15) is 4.79 Å². The minimum atomic E-state index is -0.602. The van der Waals surface area contributed by atoms with Crippen LogP contribution in [-0.4, -0.2) is 22.6 Å². The SMILES string of the molecule is Cc1noc(CCNc2c(Cl)cc(N)cc2C(N)=O)n1. The lowest BCUT2D eigenvalue weighted by Gasteiger charge is -2.12. The molecule has 7 nitrogen and oxygen atoms in total. The number of anilines is 2. The van der Waals surface area contributed by atoms with Crippen molar-refractivity contribution in [1.82, 2.24) is 10.1 Å². The van der Waals surface area contributed by atoms with Crippen molar-refractivity contribution in [3.8, 4) is 0 Å². The number of hydrogen-bond donors (Lipinski definition) is 3. The molecule has 0 bridgehead atoms. The molecule has 0 unspecified atom stereocenters. The van der Waals surface area contributed by atoms with Crippen molar-refractivity contribution < 1.29 is 9.32 Å². The molecular weight excluding hydrogens is 282 g/mol. The van der Waals surface area contributed by atoms with Gasteiger partial charge in [-0.3, -0.25) is 4.79 Å². The molecule has 0 atom stereocenters. The number of nitrogens with two attached hydrogens (primary N) is 2. The molecule has 0 saturated heterocycles. The molecule has 0 aliphatic heterocycles. The highest BCUT2D eigenvalue weighted by molar-refractivity contribution is 6.34. The van der Waals surface area contributed by atoms with Gasteiger partial charge in [0.1, 0.15) is 0 Å². The maximum Gasteiger partial charge on any atom is 0.250 e. The maximum atomic E-state index is 11.4. The summed E-state index contributed by atoms with van der Waals surface area (Å²) in [4.78, 5) is 15.5. The first-order valence-corrected chi connectivity index (χ1v) is 6.27. The highest BCUT2D eigenvalue weighted by Gasteiger charge is 2.13. The minimum absolute atomic E-state index is 0.247. The molecule has 0 saturated carbocycles. The fourth-order valence-corrected chi connectivity index (χ4v) is 2.03. The van der Waals surface area contributed by atoms with Crippen molar-refractivity contribution in [2.75, 3.05) is 17.6 Å². The summed E-state index contributed by atoms with van der Waals surface area (Å²) in [5.41, 5.74) is 12.0. The Balaban J connectivity index is 2.10. The van der Waals surface area contributed by atoms with Crippen LogP contribution >= 0.6 is 11.6 Å². The van der Waals surface area contributed by atoms with Crippen LogP contribution in [0.15, 0.2) is 16.7 Å². The standard InChI is InChI=1S/C12H14ClN5O2/c1-6-17-10(20-18-6)2-3-16-11-8(12(15)19)4-7(14)5-9(11)13/h4-5,16H,2-3,14H2,1H3,(H2,15,19). The Labute approximate surface area is 120 Å². The summed E-state index contributed by atoms with van der Waals surface area (Å²) < 4.78 is 4.98. The van der Waals surface area contributed by atoms with Crippen LogP contribution in [0.1, 0.15) is 22.1 Å². The first kappa shape index (κ1) is 14.1. The van der Waals surface area contributed by atoms with E-state index in [0.29, 0.717) is 41.1 Å². The van der Waals surface area contributed by atoms with Gasteiger partial charge in [-0.15, -0.1) is 0 Å². The van der Waals surface area contributed by atoms with Crippen molar-refractivity contribution in [3.63, 3.8) is 0 Å². The van der Waals surface area contributed by atoms with Gasteiger partial charge >= 0.3 is 0 Å². The Morgan fingerprint density at radius 1 is 1.50 bits per heavy atom. The molecule has 0 aliphatic rings. The molecule has 1 heterocycles. The predicted molar refractivity (Wildman–Crippen MR) is 75.6 cm³/mol. The van der Waals surface area contributed by atoms with E-state index in [1.165, 1.54) is 6.07 Å². The van der Waals surface area contributed by atoms with Crippen LogP contribution in [0.3, 0.4) is 0 Å². The second-order valence-corrected chi connectivity index (χ2v) is 4.61. The zero-order valence-corrected chi connectivity index (χ0v) is 11.6. The Bertz CT molecular complexity index is 641. The lowest BCUT2D eigenvalue weighted by molar-refractivity contribution is 0.100. The fourth-order valence-electron chi connectivity index (χ4n) is 1.74. The second kappa shape index (κ2) is 5.79. The lowest BCUT2D eigenvalue weighted by Crippen LogP contribution is -2.16. The number of carbonyl (C=O) groups excluding carboxylic acids is 1. The third kappa shape index (κ3) is 3.18. The van der Waals surface area contributed by atoms with E-state index in [2.05, 4.69) is 15.5 Å². The van der Waals surface area contributed by atoms with Gasteiger partial charge in [0.05, 0.1) is 16.3 Å². The number of aromatic nitrogens is 2. The average Bonchev–Trinajstić information content (AvgIpc) is 2.77. The molecular formula is C12H14ClN5O2. The minimum Gasteiger partial charge on any atom is -0.399 e. The Morgan fingerprint density at radius 3 is 2.85 bits per heavy atom. The van der Waals surface area contributed by atoms with E-state index >= 15 is 0 Å². The summed E-state index contributed by atoms with van der Waals surface area (Å²) in [7, 11) is 0. The van der Waals surface area contributed by atoms with Gasteiger partial charge in [0.25, 0.3) is 5.91 Å². The predicted octanol–water partition coefficient (Wildman–Crippen LogP) is 1.37. The summed E-state index contributed by atoms with van der Waals surface area (Å²) in [6.45, 7) is 2.20. The van der Waals surface area contributed by atoms with Gasteiger partial charge in [-0.05, 0) is 19.1 Å². The molecule has 1 aromatic heterocycles. The summed E-state index contributed by atoms with van der Waals surface area (Å²) in [5.74, 6) is 0.473. The van der Waals surface area contributed by atoms with Crippen LogP contribution in [0, 0.1) is 6.92 Å². The summed E-state index contributed by atoms with van der Waals surface area (Å²) in [6, 6.07) is 3.03. The third-order valence-electron chi connectivity index (χ3n) is 2.59. The second-order valence-electron chi connectivity index (χ2n) is 4.20. The fraction of sp³-hybridized carbons (Fsp3) is 0.250. The molecule has 20 heavy (non-hydrogen) atoms.